The number of hydrogen-bond acceptors (Lipinski definition) is 2. The van der Waals surface area contributed by atoms with Crippen molar-refractivity contribution in [1.29, 1.82) is 0 Å². The maximum Gasteiger partial charge on any atom is 0.225 e. The van der Waals surface area contributed by atoms with Gasteiger partial charge in [0.15, 0.2) is 0 Å². The van der Waals surface area contributed by atoms with Crippen molar-refractivity contribution in [3.8, 4) is 0 Å². The van der Waals surface area contributed by atoms with Gasteiger partial charge in [-0.1, -0.05) is 82.8 Å². The maximum atomic E-state index is 6.44. The Bertz CT molecular complexity index is 876. The minimum Gasteiger partial charge on any atom is -0.206 e. The number of hydrogen-bond donors (Lipinski definition) is 0. The number of nitrogens with zero attached hydrogens (tertiary/aromatic N) is 2. The monoisotopic (exact) mass is 430 g/mol. The summed E-state index contributed by atoms with van der Waals surface area (Å²) in [6.07, 6.45) is 0.618. The standard InChI is InChI=1S/C18H11Cl5N2/c19-11-6-7-12(14(20)9-11)13(8-10-4-2-1-3-5-10)15-16(21)24-18(23)25-17(15)22/h1-7,9,13H,8H2. The third-order valence-electron chi connectivity index (χ3n) is 3.79. The normalized spacial score (nSPS) is 12.2. The van der Waals surface area contributed by atoms with Gasteiger partial charge in [-0.05, 0) is 41.3 Å². The predicted molar refractivity (Wildman–Crippen MR) is 106 cm³/mol. The molecule has 0 spiro atoms. The first-order valence-corrected chi connectivity index (χ1v) is 9.22. The molecule has 0 saturated carbocycles. The van der Waals surface area contributed by atoms with E-state index in [0.29, 0.717) is 22.0 Å². The molecule has 0 amide bonds. The summed E-state index contributed by atoms with van der Waals surface area (Å²) in [5.74, 6) is -0.246. The molecule has 128 valence electrons. The predicted octanol–water partition coefficient (Wildman–Crippen LogP) is 7.12. The SMILES string of the molecule is Clc1ccc(C(Cc2ccccc2)c2c(Cl)nc(Cl)nc2Cl)c(Cl)c1. The second kappa shape index (κ2) is 8.11. The summed E-state index contributed by atoms with van der Waals surface area (Å²) >= 11 is 31.0. The second-order valence-corrected chi connectivity index (χ2v) is 7.29. The molecule has 0 radical (unpaired) electrons. The molecular weight excluding hydrogens is 421 g/mol. The van der Waals surface area contributed by atoms with Gasteiger partial charge in [-0.2, -0.15) is 0 Å². The average molecular weight is 433 g/mol. The van der Waals surface area contributed by atoms with Crippen LogP contribution in [0.25, 0.3) is 0 Å². The summed E-state index contributed by atoms with van der Waals surface area (Å²) in [5.41, 5.74) is 2.52. The lowest BCUT2D eigenvalue weighted by Crippen LogP contribution is -2.09. The molecule has 2 aromatic carbocycles. The van der Waals surface area contributed by atoms with Crippen molar-refractivity contribution in [2.24, 2.45) is 0 Å². The summed E-state index contributed by atoms with van der Waals surface area (Å²) in [5, 5.41) is 1.49. The molecule has 7 heteroatoms. The zero-order chi connectivity index (χ0) is 18.0. The molecule has 0 bridgehead atoms. The van der Waals surface area contributed by atoms with Gasteiger partial charge in [0.1, 0.15) is 10.3 Å². The van der Waals surface area contributed by atoms with Crippen LogP contribution >= 0.6 is 58.0 Å². The molecular formula is C18H11Cl5N2. The van der Waals surface area contributed by atoms with E-state index in [-0.39, 0.29) is 21.5 Å². The molecule has 1 unspecified atom stereocenters. The van der Waals surface area contributed by atoms with Crippen LogP contribution < -0.4 is 0 Å². The molecule has 1 atom stereocenters. The maximum absolute atomic E-state index is 6.44. The lowest BCUT2D eigenvalue weighted by atomic mass is 9.87. The Balaban J connectivity index is 2.15. The van der Waals surface area contributed by atoms with E-state index in [9.17, 15) is 0 Å². The average Bonchev–Trinajstić information content (AvgIpc) is 2.54. The Hall–Kier alpha value is -1.03. The van der Waals surface area contributed by atoms with Crippen molar-refractivity contribution in [2.75, 3.05) is 0 Å². The van der Waals surface area contributed by atoms with Crippen molar-refractivity contribution in [3.05, 3.63) is 90.9 Å². The van der Waals surface area contributed by atoms with E-state index >= 15 is 0 Å². The van der Waals surface area contributed by atoms with Crippen molar-refractivity contribution >= 4 is 58.0 Å². The molecule has 0 aliphatic carbocycles. The summed E-state index contributed by atoms with van der Waals surface area (Å²) < 4.78 is 0. The summed E-state index contributed by atoms with van der Waals surface area (Å²) in [7, 11) is 0. The third-order valence-corrected chi connectivity index (χ3v) is 5.10. The molecule has 0 aliphatic heterocycles. The topological polar surface area (TPSA) is 25.8 Å². The summed E-state index contributed by atoms with van der Waals surface area (Å²) in [4.78, 5) is 8.07. The minimum absolute atomic E-state index is 0.000542. The van der Waals surface area contributed by atoms with Crippen LogP contribution in [0.1, 0.15) is 22.6 Å². The van der Waals surface area contributed by atoms with Crippen LogP contribution in [-0.2, 0) is 6.42 Å². The molecule has 2 nitrogen and oxygen atoms in total. The van der Waals surface area contributed by atoms with Crippen molar-refractivity contribution < 1.29 is 0 Å². The van der Waals surface area contributed by atoms with Gasteiger partial charge in [0.25, 0.3) is 0 Å². The molecule has 0 fully saturated rings. The van der Waals surface area contributed by atoms with Crippen LogP contribution in [0.5, 0.6) is 0 Å². The number of benzene rings is 2. The van der Waals surface area contributed by atoms with E-state index in [2.05, 4.69) is 9.97 Å². The van der Waals surface area contributed by atoms with Crippen molar-refractivity contribution in [2.45, 2.75) is 12.3 Å². The van der Waals surface area contributed by atoms with E-state index in [0.717, 1.165) is 11.1 Å². The molecule has 1 aromatic heterocycles. The first-order valence-electron chi connectivity index (χ1n) is 7.33. The van der Waals surface area contributed by atoms with Gasteiger partial charge in [-0.15, -0.1) is 0 Å². The van der Waals surface area contributed by atoms with Gasteiger partial charge in [-0.25, -0.2) is 9.97 Å². The fraction of sp³-hybridized carbons (Fsp3) is 0.111. The highest BCUT2D eigenvalue weighted by Gasteiger charge is 2.25. The lowest BCUT2D eigenvalue weighted by molar-refractivity contribution is 0.793. The molecule has 0 saturated heterocycles. The highest BCUT2D eigenvalue weighted by molar-refractivity contribution is 6.37. The Morgan fingerprint density at radius 3 is 2.04 bits per heavy atom. The van der Waals surface area contributed by atoms with Gasteiger partial charge >= 0.3 is 0 Å². The molecule has 0 aliphatic rings. The molecule has 1 heterocycles. The van der Waals surface area contributed by atoms with E-state index in [1.54, 1.807) is 12.1 Å². The first-order chi connectivity index (χ1) is 12.0. The number of halogens is 5. The molecule has 3 aromatic rings. The van der Waals surface area contributed by atoms with E-state index in [1.807, 2.05) is 36.4 Å². The number of rotatable bonds is 4. The van der Waals surface area contributed by atoms with Crippen LogP contribution in [0.2, 0.25) is 25.6 Å². The first kappa shape index (κ1) is 18.8. The zero-order valence-corrected chi connectivity index (χ0v) is 16.5. The fourth-order valence-corrected chi connectivity index (χ4v) is 4.13. The quantitative estimate of drug-likeness (QED) is 0.324. The Labute approximate surface area is 170 Å². The van der Waals surface area contributed by atoms with Crippen LogP contribution in [0, 0.1) is 0 Å². The van der Waals surface area contributed by atoms with Gasteiger partial charge in [0.05, 0.1) is 0 Å². The van der Waals surface area contributed by atoms with E-state index in [1.165, 1.54) is 0 Å². The summed E-state index contributed by atoms with van der Waals surface area (Å²) in [6.45, 7) is 0. The van der Waals surface area contributed by atoms with Crippen LogP contribution in [0.15, 0.2) is 48.5 Å². The van der Waals surface area contributed by atoms with Gasteiger partial charge in [0, 0.05) is 21.5 Å². The van der Waals surface area contributed by atoms with Crippen molar-refractivity contribution in [1.82, 2.24) is 9.97 Å². The Morgan fingerprint density at radius 1 is 0.800 bits per heavy atom. The number of aromatic nitrogens is 2. The molecule has 3 rings (SSSR count). The lowest BCUT2D eigenvalue weighted by Gasteiger charge is -2.21. The highest BCUT2D eigenvalue weighted by Crippen LogP contribution is 2.40. The Morgan fingerprint density at radius 2 is 1.44 bits per heavy atom. The van der Waals surface area contributed by atoms with Crippen molar-refractivity contribution in [3.63, 3.8) is 0 Å². The zero-order valence-electron chi connectivity index (χ0n) is 12.7. The highest BCUT2D eigenvalue weighted by atomic mass is 35.5. The molecule has 25 heavy (non-hydrogen) atoms. The largest absolute Gasteiger partial charge is 0.225 e. The van der Waals surface area contributed by atoms with E-state index in [4.69, 9.17) is 58.0 Å². The molecule has 0 N–H and O–H groups in total. The van der Waals surface area contributed by atoms with Gasteiger partial charge in [-0.3, -0.25) is 0 Å². The van der Waals surface area contributed by atoms with Crippen LogP contribution in [0.4, 0.5) is 0 Å². The fourth-order valence-electron chi connectivity index (χ4n) is 2.68. The third kappa shape index (κ3) is 4.39. The van der Waals surface area contributed by atoms with Gasteiger partial charge in [0.2, 0.25) is 5.28 Å². The summed E-state index contributed by atoms with van der Waals surface area (Å²) in [6, 6.07) is 15.3. The smallest absolute Gasteiger partial charge is 0.206 e. The second-order valence-electron chi connectivity index (χ2n) is 5.40. The van der Waals surface area contributed by atoms with Gasteiger partial charge < -0.3 is 0 Å². The van der Waals surface area contributed by atoms with Crippen LogP contribution in [0.3, 0.4) is 0 Å². The minimum atomic E-state index is -0.246. The Kier molecular flexibility index (Phi) is 6.08. The van der Waals surface area contributed by atoms with E-state index < -0.39 is 0 Å². The van der Waals surface area contributed by atoms with Crippen LogP contribution in [-0.4, -0.2) is 9.97 Å².